The third-order valence-electron chi connectivity index (χ3n) is 0. The third-order valence-corrected chi connectivity index (χ3v) is 0. The van der Waals surface area contributed by atoms with Gasteiger partial charge in [0.05, 0.1) is 0 Å². The van der Waals surface area contributed by atoms with E-state index in [-0.39, 0.29) is 45.5 Å². The van der Waals surface area contributed by atoms with Gasteiger partial charge < -0.3 is 0 Å². The molecule has 0 aromatic heterocycles. The standard InChI is InChI=1S/Mn.H2O.3O.Sr.2H/h;1H2;;;;;;/q+1;;;;;;;/p-1. The van der Waals surface area contributed by atoms with E-state index >= 15 is 0 Å². The van der Waals surface area contributed by atoms with Crippen LogP contribution in [-0.4, -0.2) is 49.7 Å². The Morgan fingerprint density at radius 2 is 1.17 bits per heavy atom. The van der Waals surface area contributed by atoms with E-state index in [0.717, 1.165) is 0 Å². The molecule has 0 aliphatic carbocycles. The molecule has 0 aromatic carbocycles. The van der Waals surface area contributed by atoms with Gasteiger partial charge in [0.15, 0.2) is 0 Å². The molecule has 0 saturated heterocycles. The van der Waals surface area contributed by atoms with Gasteiger partial charge in [-0.05, 0) is 0 Å². The number of hydrogen-bond donors (Lipinski definition) is 1. The maximum absolute atomic E-state index is 8.69. The van der Waals surface area contributed by atoms with Gasteiger partial charge in [0, 0.05) is 0 Å². The van der Waals surface area contributed by atoms with Gasteiger partial charge in [0.2, 0.25) is 0 Å². The van der Waals surface area contributed by atoms with E-state index in [1.165, 1.54) is 0 Å². The topological polar surface area (TPSA) is 71.4 Å². The van der Waals surface area contributed by atoms with Crippen LogP contribution < -0.4 is 0 Å². The molecule has 0 unspecified atom stereocenters. The summed E-state index contributed by atoms with van der Waals surface area (Å²) >= 11 is -5.38. The van der Waals surface area contributed by atoms with Crippen molar-refractivity contribution in [3.8, 4) is 0 Å². The van der Waals surface area contributed by atoms with Crippen LogP contribution in [0.2, 0.25) is 0 Å². The molecule has 4 nitrogen and oxygen atoms in total. The minimum atomic E-state index is -5.38. The Bertz CT molecular complexity index is 129. The Balaban J connectivity index is 0. The van der Waals surface area contributed by atoms with E-state index < -0.39 is 13.0 Å². The van der Waals surface area contributed by atoms with Gasteiger partial charge in [-0.25, -0.2) is 0 Å². The summed E-state index contributed by atoms with van der Waals surface area (Å²) < 4.78 is 33.1. The van der Waals surface area contributed by atoms with Crippen LogP contribution in [0, 0.1) is 0 Å². The molecule has 6 heavy (non-hydrogen) atoms. The first-order valence-electron chi connectivity index (χ1n) is 0.632. The first-order valence-corrected chi connectivity index (χ1v) is 2.61. The summed E-state index contributed by atoms with van der Waals surface area (Å²) in [6.07, 6.45) is 0. The minimum absolute atomic E-state index is 0. The Morgan fingerprint density at radius 1 is 1.17 bits per heavy atom. The second-order valence-electron chi connectivity index (χ2n) is 0.396. The Labute approximate surface area is 73.0 Å². The summed E-state index contributed by atoms with van der Waals surface area (Å²) in [5.41, 5.74) is 0. The molecule has 6 heteroatoms. The van der Waals surface area contributed by atoms with Gasteiger partial charge in [0.1, 0.15) is 0 Å². The molecule has 0 aliphatic heterocycles. The van der Waals surface area contributed by atoms with E-state index in [1.807, 2.05) is 0 Å². The second-order valence-corrected chi connectivity index (χ2v) is 1.63. The maximum atomic E-state index is 8.69. The Morgan fingerprint density at radius 3 is 1.17 bits per heavy atom. The fraction of sp³-hybridized carbons (Fsp3) is 0. The van der Waals surface area contributed by atoms with Gasteiger partial charge in [-0.15, -0.1) is 0 Å². The zero-order chi connectivity index (χ0) is 4.50. The van der Waals surface area contributed by atoms with Crippen LogP contribution in [0.15, 0.2) is 0 Å². The molecule has 0 aliphatic rings. The molecule has 0 saturated carbocycles. The zero-order valence-corrected chi connectivity index (χ0v) is 3.23. The SMILES string of the molecule is [O]=[Mn](=[O])(=[O])[OH].[SrH2]. The fourth-order valence-corrected chi connectivity index (χ4v) is 0. The third kappa shape index (κ3) is 55.1. The zero-order valence-electron chi connectivity index (χ0n) is 2.05. The molecular formula is H3MnO4Sr. The molecule has 0 spiro atoms. The van der Waals surface area contributed by atoms with Crippen LogP contribution in [0.5, 0.6) is 0 Å². The van der Waals surface area contributed by atoms with Gasteiger partial charge in [-0.1, -0.05) is 0 Å². The summed E-state index contributed by atoms with van der Waals surface area (Å²) in [6.45, 7) is 0. The fourth-order valence-electron chi connectivity index (χ4n) is 0. The van der Waals surface area contributed by atoms with E-state index in [2.05, 4.69) is 0 Å². The van der Waals surface area contributed by atoms with Crippen molar-refractivity contribution in [2.24, 2.45) is 0 Å². The van der Waals surface area contributed by atoms with Crippen LogP contribution in [0.4, 0.5) is 0 Å². The molecular weight excluding hydrogens is 207 g/mol. The van der Waals surface area contributed by atoms with Crippen LogP contribution in [0.1, 0.15) is 0 Å². The van der Waals surface area contributed by atoms with Crippen LogP contribution in [0.3, 0.4) is 0 Å². The summed E-state index contributed by atoms with van der Waals surface area (Å²) in [5, 5.41) is 0. The van der Waals surface area contributed by atoms with E-state index in [4.69, 9.17) is 15.7 Å². The van der Waals surface area contributed by atoms with E-state index in [9.17, 15) is 0 Å². The van der Waals surface area contributed by atoms with Crippen molar-refractivity contribution in [1.29, 1.82) is 0 Å². The Hall–Kier alpha value is 1.36. The van der Waals surface area contributed by atoms with Crippen molar-refractivity contribution in [2.75, 3.05) is 0 Å². The molecule has 36 valence electrons. The van der Waals surface area contributed by atoms with Crippen molar-refractivity contribution in [2.45, 2.75) is 0 Å². The Kier molecular flexibility index (Phi) is 5.83. The van der Waals surface area contributed by atoms with E-state index in [1.54, 1.807) is 0 Å². The van der Waals surface area contributed by atoms with Gasteiger partial charge in [-0.3, -0.25) is 0 Å². The van der Waals surface area contributed by atoms with Crippen LogP contribution in [0.25, 0.3) is 0 Å². The van der Waals surface area contributed by atoms with Crippen LogP contribution in [-0.2, 0) is 24.5 Å². The van der Waals surface area contributed by atoms with Crippen molar-refractivity contribution in [3.05, 3.63) is 0 Å². The molecule has 0 atom stereocenters. The first-order chi connectivity index (χ1) is 2.00. The molecule has 1 N–H and O–H groups in total. The average Bonchev–Trinajstić information content (AvgIpc) is 0.722. The molecule has 0 heterocycles. The van der Waals surface area contributed by atoms with Crippen molar-refractivity contribution < 1.29 is 28.7 Å². The average molecular weight is 210 g/mol. The van der Waals surface area contributed by atoms with Gasteiger partial charge >= 0.3 is 74.1 Å². The molecule has 0 aromatic rings. The van der Waals surface area contributed by atoms with Gasteiger partial charge in [-0.2, -0.15) is 0 Å². The van der Waals surface area contributed by atoms with Crippen LogP contribution >= 0.6 is 0 Å². The van der Waals surface area contributed by atoms with Crippen molar-refractivity contribution in [1.82, 2.24) is 0 Å². The number of rotatable bonds is 0. The quantitative estimate of drug-likeness (QED) is 0.477. The number of hydrogen-bond acceptors (Lipinski definition) is 3. The molecule has 0 bridgehead atoms. The predicted octanol–water partition coefficient (Wildman–Crippen LogP) is -1.83. The van der Waals surface area contributed by atoms with Crippen molar-refractivity contribution >= 4 is 45.5 Å². The predicted molar refractivity (Wildman–Crippen MR) is 12.8 cm³/mol. The van der Waals surface area contributed by atoms with E-state index in [0.29, 0.717) is 0 Å². The summed E-state index contributed by atoms with van der Waals surface area (Å²) in [5.74, 6) is 0. The molecule has 0 radical (unpaired) electrons. The second kappa shape index (κ2) is 3.37. The molecule has 0 amide bonds. The molecule has 0 fully saturated rings. The van der Waals surface area contributed by atoms with Gasteiger partial charge in [0.25, 0.3) is 0 Å². The summed E-state index contributed by atoms with van der Waals surface area (Å²) in [6, 6.07) is 0. The molecule has 0 rings (SSSR count). The first kappa shape index (κ1) is 10.4. The summed E-state index contributed by atoms with van der Waals surface area (Å²) in [7, 11) is 0. The summed E-state index contributed by atoms with van der Waals surface area (Å²) in [4.78, 5) is 0. The van der Waals surface area contributed by atoms with Crippen molar-refractivity contribution in [3.63, 3.8) is 0 Å². The monoisotopic (exact) mass is 210 g/mol. The normalized spacial score (nSPS) is 9.50.